The fourth-order valence-corrected chi connectivity index (χ4v) is 3.27. The van der Waals surface area contributed by atoms with Gasteiger partial charge in [0.1, 0.15) is 24.7 Å². The summed E-state index contributed by atoms with van der Waals surface area (Å²) >= 11 is 9.61. The molecule has 0 spiro atoms. The molecule has 2 aromatic carbocycles. The molecule has 2 aromatic rings. The van der Waals surface area contributed by atoms with E-state index in [4.69, 9.17) is 30.5 Å². The minimum Gasteiger partial charge on any atom is -0.495 e. The number of rotatable bonds is 5. The van der Waals surface area contributed by atoms with Crippen LogP contribution in [0.5, 0.6) is 23.0 Å². The van der Waals surface area contributed by atoms with Gasteiger partial charge in [-0.05, 0) is 23.8 Å². The minimum atomic E-state index is -0.220. The van der Waals surface area contributed by atoms with Crippen molar-refractivity contribution in [3.63, 3.8) is 0 Å². The number of carbonyl (C=O) groups is 1. The topological polar surface area (TPSA) is 66.0 Å². The summed E-state index contributed by atoms with van der Waals surface area (Å²) in [5, 5.41) is 3.19. The minimum absolute atomic E-state index is 0.143. The molecular formula is C18H17BrClNO5. The van der Waals surface area contributed by atoms with Gasteiger partial charge in [-0.25, -0.2) is 0 Å². The van der Waals surface area contributed by atoms with Gasteiger partial charge in [0, 0.05) is 10.5 Å². The fraction of sp³-hybridized carbons (Fsp3) is 0.278. The van der Waals surface area contributed by atoms with E-state index in [-0.39, 0.29) is 12.3 Å². The van der Waals surface area contributed by atoms with Crippen molar-refractivity contribution >= 4 is 39.1 Å². The first-order valence-corrected chi connectivity index (χ1v) is 8.98. The Bertz CT molecular complexity index is 843. The third-order valence-corrected chi connectivity index (χ3v) is 4.84. The van der Waals surface area contributed by atoms with Crippen molar-refractivity contribution in [3.8, 4) is 23.0 Å². The van der Waals surface area contributed by atoms with Crippen LogP contribution in [-0.2, 0) is 11.2 Å². The lowest BCUT2D eigenvalue weighted by molar-refractivity contribution is -0.115. The number of methoxy groups -OCH3 is 2. The molecule has 3 rings (SSSR count). The van der Waals surface area contributed by atoms with E-state index in [2.05, 4.69) is 21.2 Å². The molecule has 1 amide bonds. The first kappa shape index (κ1) is 18.7. The maximum absolute atomic E-state index is 12.5. The number of halogens is 2. The van der Waals surface area contributed by atoms with Crippen molar-refractivity contribution in [2.45, 2.75) is 6.42 Å². The number of carbonyl (C=O) groups excluding carboxylic acids is 1. The van der Waals surface area contributed by atoms with Crippen LogP contribution < -0.4 is 24.3 Å². The second kappa shape index (κ2) is 8.05. The number of hydrogen-bond acceptors (Lipinski definition) is 5. The summed E-state index contributed by atoms with van der Waals surface area (Å²) < 4.78 is 22.3. The van der Waals surface area contributed by atoms with Crippen LogP contribution in [0.1, 0.15) is 5.56 Å². The summed E-state index contributed by atoms with van der Waals surface area (Å²) in [4.78, 5) is 12.5. The highest BCUT2D eigenvalue weighted by Gasteiger charge is 2.18. The molecule has 0 atom stereocenters. The molecule has 6 nitrogen and oxygen atoms in total. The van der Waals surface area contributed by atoms with Gasteiger partial charge in [0.2, 0.25) is 5.91 Å². The lowest BCUT2D eigenvalue weighted by atomic mass is 10.1. The average molecular weight is 443 g/mol. The molecule has 8 heteroatoms. The number of fused-ring (bicyclic) bond motifs is 1. The van der Waals surface area contributed by atoms with Gasteiger partial charge in [0.15, 0.2) is 11.5 Å². The molecule has 1 aliphatic heterocycles. The van der Waals surface area contributed by atoms with E-state index < -0.39 is 0 Å². The van der Waals surface area contributed by atoms with Crippen molar-refractivity contribution in [1.82, 2.24) is 0 Å². The van der Waals surface area contributed by atoms with Crippen LogP contribution in [0.3, 0.4) is 0 Å². The van der Waals surface area contributed by atoms with Crippen LogP contribution in [0.25, 0.3) is 0 Å². The monoisotopic (exact) mass is 441 g/mol. The van der Waals surface area contributed by atoms with E-state index in [9.17, 15) is 4.79 Å². The lowest BCUT2D eigenvalue weighted by Crippen LogP contribution is -2.18. The molecule has 1 aliphatic rings. The fourth-order valence-electron chi connectivity index (χ4n) is 2.57. The SMILES string of the molecule is COc1cc(OC)c(NC(=O)Cc2cc3c(cc2Br)OCCO3)cc1Cl. The highest BCUT2D eigenvalue weighted by atomic mass is 79.9. The standard InChI is InChI=1S/C18H17BrClNO5/c1-23-14-9-15(24-2)13(8-12(14)20)21-18(22)6-10-5-16-17(7-11(10)19)26-4-3-25-16/h5,7-9H,3-4,6H2,1-2H3,(H,21,22). The summed E-state index contributed by atoms with van der Waals surface area (Å²) in [5.74, 6) is 2.00. The molecule has 0 fully saturated rings. The van der Waals surface area contributed by atoms with Gasteiger partial charge in [0.05, 0.1) is 31.4 Å². The van der Waals surface area contributed by atoms with Crippen LogP contribution in [0.15, 0.2) is 28.7 Å². The van der Waals surface area contributed by atoms with Gasteiger partial charge < -0.3 is 24.3 Å². The molecule has 26 heavy (non-hydrogen) atoms. The Labute approximate surface area is 164 Å². The summed E-state index contributed by atoms with van der Waals surface area (Å²) in [5.41, 5.74) is 1.25. The predicted octanol–water partition coefficient (Wildman–Crippen LogP) is 4.07. The molecule has 0 aliphatic carbocycles. The van der Waals surface area contributed by atoms with Crippen molar-refractivity contribution in [1.29, 1.82) is 0 Å². The highest BCUT2D eigenvalue weighted by molar-refractivity contribution is 9.10. The first-order chi connectivity index (χ1) is 12.5. The predicted molar refractivity (Wildman–Crippen MR) is 102 cm³/mol. The molecule has 1 heterocycles. The van der Waals surface area contributed by atoms with E-state index in [1.54, 1.807) is 18.2 Å². The molecule has 0 aromatic heterocycles. The highest BCUT2D eigenvalue weighted by Crippen LogP contribution is 2.37. The van der Waals surface area contributed by atoms with Gasteiger partial charge >= 0.3 is 0 Å². The Morgan fingerprint density at radius 2 is 1.77 bits per heavy atom. The van der Waals surface area contributed by atoms with Crippen molar-refractivity contribution in [3.05, 3.63) is 39.3 Å². The zero-order valence-electron chi connectivity index (χ0n) is 14.2. The van der Waals surface area contributed by atoms with Gasteiger partial charge in [-0.15, -0.1) is 0 Å². The Kier molecular flexibility index (Phi) is 5.78. The number of amides is 1. The molecule has 1 N–H and O–H groups in total. The molecule has 0 bridgehead atoms. The maximum Gasteiger partial charge on any atom is 0.228 e. The summed E-state index contributed by atoms with van der Waals surface area (Å²) in [6.45, 7) is 0.999. The molecule has 0 unspecified atom stereocenters. The van der Waals surface area contributed by atoms with Gasteiger partial charge in [-0.1, -0.05) is 27.5 Å². The van der Waals surface area contributed by atoms with Crippen molar-refractivity contribution in [2.24, 2.45) is 0 Å². The number of nitrogens with one attached hydrogen (secondary N) is 1. The van der Waals surface area contributed by atoms with E-state index >= 15 is 0 Å². The molecular weight excluding hydrogens is 426 g/mol. The van der Waals surface area contributed by atoms with E-state index in [0.717, 1.165) is 10.0 Å². The zero-order valence-corrected chi connectivity index (χ0v) is 16.6. The Morgan fingerprint density at radius 1 is 1.12 bits per heavy atom. The first-order valence-electron chi connectivity index (χ1n) is 7.81. The van der Waals surface area contributed by atoms with Crippen molar-refractivity contribution < 1.29 is 23.7 Å². The normalized spacial score (nSPS) is 12.5. The smallest absolute Gasteiger partial charge is 0.228 e. The van der Waals surface area contributed by atoms with E-state index in [0.29, 0.717) is 46.9 Å². The number of ether oxygens (including phenoxy) is 4. The van der Waals surface area contributed by atoms with Gasteiger partial charge in [-0.2, -0.15) is 0 Å². The summed E-state index contributed by atoms with van der Waals surface area (Å²) in [6, 6.07) is 6.83. The van der Waals surface area contributed by atoms with Crippen LogP contribution in [0.2, 0.25) is 5.02 Å². The number of hydrogen-bond donors (Lipinski definition) is 1. The molecule has 138 valence electrons. The Morgan fingerprint density at radius 3 is 2.42 bits per heavy atom. The number of anilines is 1. The van der Waals surface area contributed by atoms with E-state index in [1.165, 1.54) is 14.2 Å². The second-order valence-electron chi connectivity index (χ2n) is 5.50. The third-order valence-electron chi connectivity index (χ3n) is 3.81. The second-order valence-corrected chi connectivity index (χ2v) is 6.76. The maximum atomic E-state index is 12.5. The van der Waals surface area contributed by atoms with Gasteiger partial charge in [-0.3, -0.25) is 4.79 Å². The largest absolute Gasteiger partial charge is 0.495 e. The number of benzene rings is 2. The lowest BCUT2D eigenvalue weighted by Gasteiger charge is -2.20. The van der Waals surface area contributed by atoms with Crippen LogP contribution >= 0.6 is 27.5 Å². The average Bonchev–Trinajstić information content (AvgIpc) is 2.62. The Balaban J connectivity index is 1.78. The zero-order chi connectivity index (χ0) is 18.7. The van der Waals surface area contributed by atoms with E-state index in [1.807, 2.05) is 6.07 Å². The van der Waals surface area contributed by atoms with Crippen molar-refractivity contribution in [2.75, 3.05) is 32.8 Å². The molecule has 0 saturated carbocycles. The van der Waals surface area contributed by atoms with Crippen LogP contribution in [0.4, 0.5) is 5.69 Å². The van der Waals surface area contributed by atoms with Gasteiger partial charge in [0.25, 0.3) is 0 Å². The summed E-state index contributed by atoms with van der Waals surface area (Å²) in [7, 11) is 3.02. The molecule has 0 saturated heterocycles. The van der Waals surface area contributed by atoms with Crippen LogP contribution in [-0.4, -0.2) is 33.3 Å². The van der Waals surface area contributed by atoms with Crippen LogP contribution in [0, 0.1) is 0 Å². The summed E-state index contributed by atoms with van der Waals surface area (Å²) in [6.07, 6.45) is 0.143. The molecule has 0 radical (unpaired) electrons. The Hall–Kier alpha value is -2.12. The quantitative estimate of drug-likeness (QED) is 0.756. The third kappa shape index (κ3) is 3.99.